The molecule has 0 saturated heterocycles. The Bertz CT molecular complexity index is 930. The summed E-state index contributed by atoms with van der Waals surface area (Å²) in [4.78, 5) is 0. The minimum absolute atomic E-state index is 0.0180. The number of sulfone groups is 1. The van der Waals surface area contributed by atoms with Gasteiger partial charge in [0.2, 0.25) is 15.0 Å². The molecule has 0 atom stereocenters. The fraction of sp³-hybridized carbons (Fsp3) is 0.222. The van der Waals surface area contributed by atoms with Crippen LogP contribution < -0.4 is 0 Å². The fourth-order valence-corrected chi connectivity index (χ4v) is 4.06. The molecule has 0 aliphatic carbocycles. The van der Waals surface area contributed by atoms with Crippen molar-refractivity contribution in [2.45, 2.75) is 31.3 Å². The molecule has 124 valence electrons. The molecule has 1 aromatic heterocycles. The minimum atomic E-state index is -3.56. The van der Waals surface area contributed by atoms with Gasteiger partial charge in [-0.3, -0.25) is 4.57 Å². The first-order valence-electron chi connectivity index (χ1n) is 7.78. The molecule has 0 aliphatic heterocycles. The molecule has 0 N–H and O–H groups in total. The van der Waals surface area contributed by atoms with E-state index in [9.17, 15) is 8.42 Å². The van der Waals surface area contributed by atoms with Crippen LogP contribution in [0.5, 0.6) is 0 Å². The predicted molar refractivity (Wildman–Crippen MR) is 93.2 cm³/mol. The van der Waals surface area contributed by atoms with Gasteiger partial charge in [0.25, 0.3) is 0 Å². The van der Waals surface area contributed by atoms with Crippen LogP contribution in [0.15, 0.2) is 59.8 Å². The van der Waals surface area contributed by atoms with Gasteiger partial charge in [0, 0.05) is 12.1 Å². The van der Waals surface area contributed by atoms with Crippen molar-refractivity contribution in [3.8, 4) is 11.4 Å². The van der Waals surface area contributed by atoms with Crippen LogP contribution in [0, 0.1) is 6.92 Å². The zero-order valence-electron chi connectivity index (χ0n) is 13.7. The predicted octanol–water partition coefficient (Wildman–Crippen LogP) is 3.25. The van der Waals surface area contributed by atoms with Crippen LogP contribution in [0.3, 0.4) is 0 Å². The number of benzene rings is 2. The molecule has 5 nitrogen and oxygen atoms in total. The Morgan fingerprint density at radius 2 is 1.62 bits per heavy atom. The number of hydrogen-bond donors (Lipinski definition) is 0. The van der Waals surface area contributed by atoms with Crippen molar-refractivity contribution in [3.05, 3.63) is 65.7 Å². The molecule has 0 bridgehead atoms. The molecule has 0 spiro atoms. The molecule has 0 saturated carbocycles. The molecule has 0 amide bonds. The van der Waals surface area contributed by atoms with Gasteiger partial charge in [0.1, 0.15) is 0 Å². The average Bonchev–Trinajstić information content (AvgIpc) is 3.01. The summed E-state index contributed by atoms with van der Waals surface area (Å²) in [5, 5.41) is 8.13. The summed E-state index contributed by atoms with van der Waals surface area (Å²) >= 11 is 0. The first-order chi connectivity index (χ1) is 11.5. The molecule has 6 heteroatoms. The number of rotatable bonds is 5. The van der Waals surface area contributed by atoms with Gasteiger partial charge in [-0.15, -0.1) is 10.2 Å². The second-order valence-corrected chi connectivity index (χ2v) is 7.54. The van der Waals surface area contributed by atoms with Crippen LogP contribution in [0.1, 0.15) is 18.1 Å². The van der Waals surface area contributed by atoms with Crippen LogP contribution in [0.2, 0.25) is 0 Å². The first-order valence-corrected chi connectivity index (χ1v) is 9.43. The Labute approximate surface area is 141 Å². The summed E-state index contributed by atoms with van der Waals surface area (Å²) in [6.45, 7) is 4.38. The molecule has 3 rings (SSSR count). The highest BCUT2D eigenvalue weighted by molar-refractivity contribution is 7.90. The minimum Gasteiger partial charge on any atom is -0.298 e. The largest absolute Gasteiger partial charge is 0.298 e. The summed E-state index contributed by atoms with van der Waals surface area (Å²) in [7, 11) is -3.56. The number of aromatic nitrogens is 3. The van der Waals surface area contributed by atoms with Gasteiger partial charge in [-0.1, -0.05) is 60.2 Å². The van der Waals surface area contributed by atoms with Crippen LogP contribution in [-0.4, -0.2) is 23.2 Å². The molecule has 0 aliphatic rings. The molecule has 0 fully saturated rings. The maximum Gasteiger partial charge on any atom is 0.250 e. The van der Waals surface area contributed by atoms with Gasteiger partial charge < -0.3 is 0 Å². The summed E-state index contributed by atoms with van der Waals surface area (Å²) in [6, 6.07) is 16.9. The van der Waals surface area contributed by atoms with E-state index in [1.807, 2.05) is 56.3 Å². The van der Waals surface area contributed by atoms with Gasteiger partial charge in [-0.2, -0.15) is 0 Å². The maximum absolute atomic E-state index is 12.8. The van der Waals surface area contributed by atoms with E-state index >= 15 is 0 Å². The standard InChI is InChI=1S/C18H19N3O2S/c1-3-21-17(16-11-9-14(2)10-12-16)19-20-18(21)24(22,23)13-15-7-5-4-6-8-15/h4-12H,3,13H2,1-2H3. The van der Waals surface area contributed by atoms with E-state index in [1.54, 1.807) is 16.7 Å². The lowest BCUT2D eigenvalue weighted by molar-refractivity contribution is 0.568. The summed E-state index contributed by atoms with van der Waals surface area (Å²) in [5.74, 6) is 0.490. The van der Waals surface area contributed by atoms with Crippen molar-refractivity contribution in [2.75, 3.05) is 0 Å². The van der Waals surface area contributed by atoms with Crippen LogP contribution in [-0.2, 0) is 22.1 Å². The summed E-state index contributed by atoms with van der Waals surface area (Å²) in [5.41, 5.74) is 2.73. The monoisotopic (exact) mass is 341 g/mol. The van der Waals surface area contributed by atoms with E-state index in [-0.39, 0.29) is 10.9 Å². The topological polar surface area (TPSA) is 64.8 Å². The third kappa shape index (κ3) is 3.23. The maximum atomic E-state index is 12.8. The van der Waals surface area contributed by atoms with Crippen molar-refractivity contribution in [1.29, 1.82) is 0 Å². The molecule has 0 radical (unpaired) electrons. The van der Waals surface area contributed by atoms with Gasteiger partial charge in [-0.05, 0) is 19.4 Å². The molecular formula is C18H19N3O2S. The number of aryl methyl sites for hydroxylation is 1. The highest BCUT2D eigenvalue weighted by Gasteiger charge is 2.25. The molecule has 24 heavy (non-hydrogen) atoms. The van der Waals surface area contributed by atoms with Crippen LogP contribution >= 0.6 is 0 Å². The van der Waals surface area contributed by atoms with Crippen molar-refractivity contribution in [3.63, 3.8) is 0 Å². The first kappa shape index (κ1) is 16.4. The van der Waals surface area contributed by atoms with Crippen LogP contribution in [0.25, 0.3) is 11.4 Å². The molecule has 2 aromatic carbocycles. The molecule has 3 aromatic rings. The van der Waals surface area contributed by atoms with E-state index in [2.05, 4.69) is 10.2 Å². The van der Waals surface area contributed by atoms with Crippen LogP contribution in [0.4, 0.5) is 0 Å². The quantitative estimate of drug-likeness (QED) is 0.714. The van der Waals surface area contributed by atoms with E-state index < -0.39 is 9.84 Å². The van der Waals surface area contributed by atoms with E-state index in [0.717, 1.165) is 16.7 Å². The smallest absolute Gasteiger partial charge is 0.250 e. The van der Waals surface area contributed by atoms with Gasteiger partial charge in [0.05, 0.1) is 5.75 Å². The lowest BCUT2D eigenvalue weighted by Gasteiger charge is -2.08. The lowest BCUT2D eigenvalue weighted by Crippen LogP contribution is -2.13. The summed E-state index contributed by atoms with van der Waals surface area (Å²) in [6.07, 6.45) is 0. The van der Waals surface area contributed by atoms with Crippen molar-refractivity contribution >= 4 is 9.84 Å². The third-order valence-corrected chi connectivity index (χ3v) is 5.39. The van der Waals surface area contributed by atoms with E-state index in [0.29, 0.717) is 12.4 Å². The second-order valence-electron chi connectivity index (χ2n) is 5.66. The van der Waals surface area contributed by atoms with Gasteiger partial charge in [0.15, 0.2) is 5.82 Å². The zero-order valence-corrected chi connectivity index (χ0v) is 14.5. The number of nitrogens with zero attached hydrogens (tertiary/aromatic N) is 3. The van der Waals surface area contributed by atoms with Gasteiger partial charge in [-0.25, -0.2) is 8.42 Å². The summed E-state index contributed by atoms with van der Waals surface area (Å²) < 4.78 is 27.2. The Morgan fingerprint density at radius 1 is 0.958 bits per heavy atom. The Balaban J connectivity index is 2.01. The van der Waals surface area contributed by atoms with E-state index in [1.165, 1.54) is 0 Å². The van der Waals surface area contributed by atoms with Gasteiger partial charge >= 0.3 is 0 Å². The van der Waals surface area contributed by atoms with Crippen molar-refractivity contribution in [1.82, 2.24) is 14.8 Å². The van der Waals surface area contributed by atoms with Crippen molar-refractivity contribution in [2.24, 2.45) is 0 Å². The zero-order chi connectivity index (χ0) is 17.2. The normalized spacial score (nSPS) is 11.6. The fourth-order valence-electron chi connectivity index (χ4n) is 2.58. The third-order valence-electron chi connectivity index (χ3n) is 3.82. The lowest BCUT2D eigenvalue weighted by atomic mass is 10.1. The molecule has 0 unspecified atom stereocenters. The second kappa shape index (κ2) is 6.57. The Morgan fingerprint density at radius 3 is 2.25 bits per heavy atom. The molecular weight excluding hydrogens is 322 g/mol. The Hall–Kier alpha value is -2.47. The average molecular weight is 341 g/mol. The van der Waals surface area contributed by atoms with Crippen molar-refractivity contribution < 1.29 is 8.42 Å². The number of hydrogen-bond acceptors (Lipinski definition) is 4. The highest BCUT2D eigenvalue weighted by Crippen LogP contribution is 2.23. The van der Waals surface area contributed by atoms with E-state index in [4.69, 9.17) is 0 Å². The Kier molecular flexibility index (Phi) is 4.49. The molecule has 1 heterocycles. The highest BCUT2D eigenvalue weighted by atomic mass is 32.2. The SMILES string of the molecule is CCn1c(-c2ccc(C)cc2)nnc1S(=O)(=O)Cc1ccccc1.